The van der Waals surface area contributed by atoms with Crippen molar-refractivity contribution in [2.24, 2.45) is 5.41 Å². The zero-order valence-electron chi connectivity index (χ0n) is 12.3. The molecule has 2 aliphatic heterocycles. The minimum atomic E-state index is -0.878. The van der Waals surface area contributed by atoms with E-state index in [9.17, 15) is 10.4 Å². The van der Waals surface area contributed by atoms with Crippen LogP contribution in [-0.4, -0.2) is 37.0 Å². The van der Waals surface area contributed by atoms with Gasteiger partial charge in [-0.1, -0.05) is 18.2 Å². The molecule has 4 heteroatoms. The Hall–Kier alpha value is -1.57. The van der Waals surface area contributed by atoms with Crippen LogP contribution in [0.25, 0.3) is 0 Å². The fraction of sp³-hybridized carbons (Fsp3) is 0.588. The number of anilines is 1. The molecule has 2 fully saturated rings. The van der Waals surface area contributed by atoms with Crippen LogP contribution in [0, 0.1) is 16.7 Å². The molecule has 21 heavy (non-hydrogen) atoms. The van der Waals surface area contributed by atoms with E-state index in [1.807, 2.05) is 18.2 Å². The lowest BCUT2D eigenvalue weighted by atomic mass is 9.64. The first kappa shape index (κ1) is 14.4. The summed E-state index contributed by atoms with van der Waals surface area (Å²) in [5.41, 5.74) is -0.317. The first-order valence-corrected chi connectivity index (χ1v) is 7.71. The molecule has 0 aliphatic carbocycles. The number of piperidine rings is 1. The molecule has 3 rings (SSSR count). The van der Waals surface area contributed by atoms with Crippen LogP contribution in [0.3, 0.4) is 0 Å². The van der Waals surface area contributed by atoms with E-state index >= 15 is 0 Å². The Balaban J connectivity index is 1.73. The van der Waals surface area contributed by atoms with Crippen LogP contribution in [0.4, 0.5) is 5.69 Å². The molecule has 0 saturated carbocycles. The Morgan fingerprint density at radius 2 is 1.67 bits per heavy atom. The largest absolute Gasteiger partial charge is 0.388 e. The summed E-state index contributed by atoms with van der Waals surface area (Å²) in [5.74, 6) is 0. The number of aliphatic hydroxyl groups is 1. The highest BCUT2D eigenvalue weighted by Crippen LogP contribution is 2.46. The minimum absolute atomic E-state index is 0.582. The van der Waals surface area contributed by atoms with Crippen LogP contribution in [0.15, 0.2) is 30.3 Å². The van der Waals surface area contributed by atoms with Gasteiger partial charge in [0.2, 0.25) is 0 Å². The number of hydrogen-bond acceptors (Lipinski definition) is 4. The van der Waals surface area contributed by atoms with Crippen molar-refractivity contribution in [3.05, 3.63) is 30.3 Å². The van der Waals surface area contributed by atoms with Crippen molar-refractivity contribution in [2.75, 3.05) is 31.2 Å². The number of rotatable bonds is 2. The summed E-state index contributed by atoms with van der Waals surface area (Å²) in [5, 5.41) is 20.8. The Morgan fingerprint density at radius 3 is 2.24 bits per heavy atom. The van der Waals surface area contributed by atoms with Crippen molar-refractivity contribution in [2.45, 2.75) is 31.3 Å². The van der Waals surface area contributed by atoms with Gasteiger partial charge in [-0.2, -0.15) is 5.26 Å². The molecule has 4 nitrogen and oxygen atoms in total. The first-order chi connectivity index (χ1) is 10.2. The van der Waals surface area contributed by atoms with Crippen molar-refractivity contribution in [1.29, 1.82) is 5.26 Å². The van der Waals surface area contributed by atoms with Crippen LogP contribution < -0.4 is 4.90 Å². The van der Waals surface area contributed by atoms with Gasteiger partial charge in [-0.15, -0.1) is 0 Å². The summed E-state index contributed by atoms with van der Waals surface area (Å²) >= 11 is 0. The lowest BCUT2D eigenvalue weighted by Gasteiger charge is -2.49. The third-order valence-corrected chi connectivity index (χ3v) is 5.16. The van der Waals surface area contributed by atoms with Crippen molar-refractivity contribution >= 4 is 5.69 Å². The molecule has 0 bridgehead atoms. The van der Waals surface area contributed by atoms with E-state index < -0.39 is 11.0 Å². The summed E-state index contributed by atoms with van der Waals surface area (Å²) in [6, 6.07) is 12.7. The van der Waals surface area contributed by atoms with E-state index in [1.54, 1.807) is 0 Å². The second-order valence-corrected chi connectivity index (χ2v) is 6.16. The molecule has 2 saturated heterocycles. The number of para-hydroxylation sites is 1. The van der Waals surface area contributed by atoms with Gasteiger partial charge in [0.1, 0.15) is 0 Å². The molecule has 2 heterocycles. The molecule has 0 aromatic heterocycles. The van der Waals surface area contributed by atoms with Gasteiger partial charge < -0.3 is 14.7 Å². The molecule has 1 aromatic carbocycles. The number of nitriles is 1. The smallest absolute Gasteiger partial charge is 0.0905 e. The van der Waals surface area contributed by atoms with Gasteiger partial charge in [-0.05, 0) is 37.8 Å². The Labute approximate surface area is 125 Å². The quantitative estimate of drug-likeness (QED) is 0.906. The fourth-order valence-corrected chi connectivity index (χ4v) is 3.65. The van der Waals surface area contributed by atoms with Gasteiger partial charge in [0.05, 0.1) is 17.1 Å². The lowest BCUT2D eigenvalue weighted by molar-refractivity contribution is -0.116. The molecule has 0 amide bonds. The molecule has 0 spiro atoms. The highest BCUT2D eigenvalue weighted by molar-refractivity contribution is 5.46. The number of hydrogen-bond donors (Lipinski definition) is 1. The maximum Gasteiger partial charge on any atom is 0.0905 e. The monoisotopic (exact) mass is 286 g/mol. The summed E-state index contributed by atoms with van der Waals surface area (Å²) < 4.78 is 5.38. The van der Waals surface area contributed by atoms with Crippen LogP contribution in [0.5, 0.6) is 0 Å². The van der Waals surface area contributed by atoms with Crippen molar-refractivity contribution in [3.63, 3.8) is 0 Å². The van der Waals surface area contributed by atoms with E-state index in [0.717, 1.165) is 13.1 Å². The van der Waals surface area contributed by atoms with Gasteiger partial charge in [0.25, 0.3) is 0 Å². The molecule has 112 valence electrons. The average molecular weight is 286 g/mol. The number of nitrogens with zero attached hydrogens (tertiary/aromatic N) is 2. The summed E-state index contributed by atoms with van der Waals surface area (Å²) in [4.78, 5) is 2.29. The van der Waals surface area contributed by atoms with Gasteiger partial charge in [-0.3, -0.25) is 0 Å². The van der Waals surface area contributed by atoms with Crippen LogP contribution in [0.1, 0.15) is 25.7 Å². The fourth-order valence-electron chi connectivity index (χ4n) is 3.65. The van der Waals surface area contributed by atoms with Crippen molar-refractivity contribution in [1.82, 2.24) is 0 Å². The molecule has 1 aromatic rings. The van der Waals surface area contributed by atoms with E-state index in [0.29, 0.717) is 38.9 Å². The third kappa shape index (κ3) is 2.52. The van der Waals surface area contributed by atoms with E-state index in [-0.39, 0.29) is 0 Å². The topological polar surface area (TPSA) is 56.5 Å². The Bertz CT molecular complexity index is 509. The zero-order chi connectivity index (χ0) is 14.8. The summed E-state index contributed by atoms with van der Waals surface area (Å²) in [7, 11) is 0. The summed E-state index contributed by atoms with van der Waals surface area (Å²) in [6.45, 7) is 2.76. The normalized spacial score (nSPS) is 24.3. The van der Waals surface area contributed by atoms with E-state index in [2.05, 4.69) is 23.1 Å². The SMILES string of the molecule is N#CC1(C2(O)CCN(c3ccccc3)CC2)CCOCC1. The highest BCUT2D eigenvalue weighted by Gasteiger charge is 2.52. The molecule has 0 atom stereocenters. The van der Waals surface area contributed by atoms with Gasteiger partial charge in [0.15, 0.2) is 0 Å². The van der Waals surface area contributed by atoms with E-state index in [4.69, 9.17) is 4.74 Å². The van der Waals surface area contributed by atoms with Gasteiger partial charge in [-0.25, -0.2) is 0 Å². The number of benzene rings is 1. The maximum atomic E-state index is 11.1. The first-order valence-electron chi connectivity index (χ1n) is 7.71. The van der Waals surface area contributed by atoms with Gasteiger partial charge >= 0.3 is 0 Å². The number of ether oxygens (including phenoxy) is 1. The molecular weight excluding hydrogens is 264 g/mol. The van der Waals surface area contributed by atoms with Crippen LogP contribution >= 0.6 is 0 Å². The molecule has 0 unspecified atom stereocenters. The van der Waals surface area contributed by atoms with Crippen molar-refractivity contribution in [3.8, 4) is 6.07 Å². The second kappa shape index (κ2) is 5.67. The van der Waals surface area contributed by atoms with Crippen molar-refractivity contribution < 1.29 is 9.84 Å². The standard InChI is InChI=1S/C17H22N2O2/c18-14-16(8-12-21-13-9-16)17(20)6-10-19(11-7-17)15-4-2-1-3-5-15/h1-5,20H,6-13H2. The lowest BCUT2D eigenvalue weighted by Crippen LogP contribution is -2.56. The predicted molar refractivity (Wildman–Crippen MR) is 80.9 cm³/mol. The Morgan fingerprint density at radius 1 is 1.05 bits per heavy atom. The Kier molecular flexibility index (Phi) is 3.88. The van der Waals surface area contributed by atoms with Crippen LogP contribution in [-0.2, 0) is 4.74 Å². The molecule has 2 aliphatic rings. The highest BCUT2D eigenvalue weighted by atomic mass is 16.5. The zero-order valence-corrected chi connectivity index (χ0v) is 12.3. The van der Waals surface area contributed by atoms with Gasteiger partial charge in [0, 0.05) is 32.0 Å². The molecular formula is C17H22N2O2. The molecule has 0 radical (unpaired) electrons. The average Bonchev–Trinajstić information content (AvgIpc) is 2.57. The predicted octanol–water partition coefficient (Wildman–Crippen LogP) is 2.34. The van der Waals surface area contributed by atoms with Crippen LogP contribution in [0.2, 0.25) is 0 Å². The minimum Gasteiger partial charge on any atom is -0.388 e. The third-order valence-electron chi connectivity index (χ3n) is 5.16. The second-order valence-electron chi connectivity index (χ2n) is 6.16. The maximum absolute atomic E-state index is 11.1. The summed E-state index contributed by atoms with van der Waals surface area (Å²) in [6.07, 6.45) is 2.58. The molecule has 1 N–H and O–H groups in total. The van der Waals surface area contributed by atoms with E-state index in [1.165, 1.54) is 5.69 Å².